The minimum atomic E-state index is 0.103. The minimum absolute atomic E-state index is 0.103. The average Bonchev–Trinajstić information content (AvgIpc) is 2.35. The Balaban J connectivity index is 3.31. The molecule has 0 fully saturated rings. The number of hydrogen-bond acceptors (Lipinski definition) is 2. The maximum absolute atomic E-state index is 12.4. The smallest absolute Gasteiger partial charge is 0.254 e. The number of carbonyl (C=O) groups is 1. The number of carbonyl (C=O) groups excluding carboxylic acids is 1. The van der Waals surface area contributed by atoms with Gasteiger partial charge in [0.2, 0.25) is 0 Å². The number of hydrogen-bond donors (Lipinski definition) is 0. The summed E-state index contributed by atoms with van der Waals surface area (Å²) < 4.78 is 5.38. The van der Waals surface area contributed by atoms with Crippen LogP contribution < -0.4 is 4.74 Å². The first-order valence-electron chi connectivity index (χ1n) is 6.41. The highest BCUT2D eigenvalue weighted by atomic mass is 16.5. The molecule has 0 saturated heterocycles. The summed E-state index contributed by atoms with van der Waals surface area (Å²) in [4.78, 5) is 14.3. The van der Waals surface area contributed by atoms with Gasteiger partial charge in [0, 0.05) is 18.7 Å². The van der Waals surface area contributed by atoms with Crippen molar-refractivity contribution in [3.05, 3.63) is 28.3 Å². The van der Waals surface area contributed by atoms with E-state index in [1.807, 2.05) is 45.6 Å². The summed E-state index contributed by atoms with van der Waals surface area (Å²) in [5.74, 6) is 0.981. The summed E-state index contributed by atoms with van der Waals surface area (Å²) in [6.07, 6.45) is 0. The highest BCUT2D eigenvalue weighted by molar-refractivity contribution is 5.96. The van der Waals surface area contributed by atoms with Crippen LogP contribution in [0.3, 0.4) is 0 Å². The number of nitrogens with zero attached hydrogens (tertiary/aromatic N) is 1. The molecule has 0 aromatic heterocycles. The SMILES string of the molecule is CCN(CC)C(=O)c1cc(C)c(OC)c(C)c1C. The molecule has 3 heteroatoms. The predicted octanol–water partition coefficient (Wildman–Crippen LogP) is 3.10. The van der Waals surface area contributed by atoms with Crippen molar-refractivity contribution in [3.63, 3.8) is 0 Å². The van der Waals surface area contributed by atoms with Crippen LogP contribution in [0.2, 0.25) is 0 Å². The van der Waals surface area contributed by atoms with Crippen molar-refractivity contribution >= 4 is 5.91 Å². The number of aryl methyl sites for hydroxylation is 1. The van der Waals surface area contributed by atoms with Gasteiger partial charge in [-0.3, -0.25) is 4.79 Å². The van der Waals surface area contributed by atoms with E-state index in [-0.39, 0.29) is 5.91 Å². The van der Waals surface area contributed by atoms with Gasteiger partial charge in [-0.2, -0.15) is 0 Å². The molecule has 0 spiro atoms. The lowest BCUT2D eigenvalue weighted by Gasteiger charge is -2.22. The third-order valence-corrected chi connectivity index (χ3v) is 3.51. The second-order valence-corrected chi connectivity index (χ2v) is 4.50. The molecule has 1 amide bonds. The quantitative estimate of drug-likeness (QED) is 0.820. The standard InChI is InChI=1S/C15H23NO2/c1-7-16(8-2)15(17)13-9-10(3)14(18-6)12(5)11(13)4/h9H,7-8H2,1-6H3. The monoisotopic (exact) mass is 249 g/mol. The molecule has 18 heavy (non-hydrogen) atoms. The van der Waals surface area contributed by atoms with Crippen LogP contribution in [0.1, 0.15) is 40.9 Å². The average molecular weight is 249 g/mol. The van der Waals surface area contributed by atoms with Crippen LogP contribution >= 0.6 is 0 Å². The Hall–Kier alpha value is -1.51. The molecule has 0 aliphatic rings. The highest BCUT2D eigenvalue weighted by Gasteiger charge is 2.19. The largest absolute Gasteiger partial charge is 0.496 e. The highest BCUT2D eigenvalue weighted by Crippen LogP contribution is 2.29. The molecular formula is C15H23NO2. The summed E-state index contributed by atoms with van der Waals surface area (Å²) in [5, 5.41) is 0. The van der Waals surface area contributed by atoms with E-state index in [1.165, 1.54) is 0 Å². The van der Waals surface area contributed by atoms with Crippen molar-refractivity contribution < 1.29 is 9.53 Å². The molecule has 0 radical (unpaired) electrons. The van der Waals surface area contributed by atoms with Crippen LogP contribution in [0.5, 0.6) is 5.75 Å². The van der Waals surface area contributed by atoms with Gasteiger partial charge in [0.1, 0.15) is 5.75 Å². The van der Waals surface area contributed by atoms with Crippen LogP contribution in [0.15, 0.2) is 6.07 Å². The van der Waals surface area contributed by atoms with Crippen molar-refractivity contribution in [1.29, 1.82) is 0 Å². The Morgan fingerprint density at radius 1 is 1.17 bits per heavy atom. The van der Waals surface area contributed by atoms with E-state index in [4.69, 9.17) is 4.74 Å². The first kappa shape index (κ1) is 14.6. The molecule has 0 atom stereocenters. The Morgan fingerprint density at radius 2 is 1.72 bits per heavy atom. The number of ether oxygens (including phenoxy) is 1. The van der Waals surface area contributed by atoms with E-state index in [0.29, 0.717) is 0 Å². The molecule has 3 nitrogen and oxygen atoms in total. The molecule has 0 aliphatic carbocycles. The Morgan fingerprint density at radius 3 is 2.17 bits per heavy atom. The lowest BCUT2D eigenvalue weighted by molar-refractivity contribution is 0.0772. The van der Waals surface area contributed by atoms with Gasteiger partial charge < -0.3 is 9.64 Å². The number of amides is 1. The van der Waals surface area contributed by atoms with Gasteiger partial charge >= 0.3 is 0 Å². The zero-order chi connectivity index (χ0) is 13.9. The van der Waals surface area contributed by atoms with Gasteiger partial charge in [-0.05, 0) is 57.4 Å². The first-order chi connectivity index (χ1) is 8.47. The summed E-state index contributed by atoms with van der Waals surface area (Å²) in [7, 11) is 1.67. The molecule has 0 aliphatic heterocycles. The normalized spacial score (nSPS) is 10.3. The van der Waals surface area contributed by atoms with Crippen LogP contribution in [-0.4, -0.2) is 31.0 Å². The summed E-state index contributed by atoms with van der Waals surface area (Å²) >= 11 is 0. The topological polar surface area (TPSA) is 29.5 Å². The third-order valence-electron chi connectivity index (χ3n) is 3.51. The van der Waals surface area contributed by atoms with Gasteiger partial charge in [-0.1, -0.05) is 0 Å². The van der Waals surface area contributed by atoms with Gasteiger partial charge in [0.05, 0.1) is 7.11 Å². The van der Waals surface area contributed by atoms with Crippen LogP contribution in [-0.2, 0) is 0 Å². The van der Waals surface area contributed by atoms with E-state index < -0.39 is 0 Å². The summed E-state index contributed by atoms with van der Waals surface area (Å²) in [6, 6.07) is 1.93. The van der Waals surface area contributed by atoms with Crippen LogP contribution in [0, 0.1) is 20.8 Å². The molecule has 0 saturated carbocycles. The number of methoxy groups -OCH3 is 1. The molecule has 0 heterocycles. The second-order valence-electron chi connectivity index (χ2n) is 4.50. The van der Waals surface area contributed by atoms with Gasteiger partial charge in [-0.25, -0.2) is 0 Å². The van der Waals surface area contributed by atoms with Crippen molar-refractivity contribution in [3.8, 4) is 5.75 Å². The maximum atomic E-state index is 12.4. The zero-order valence-corrected chi connectivity index (χ0v) is 12.3. The summed E-state index contributed by atoms with van der Waals surface area (Å²) in [5.41, 5.74) is 3.85. The second kappa shape index (κ2) is 5.89. The van der Waals surface area contributed by atoms with Gasteiger partial charge in [0.15, 0.2) is 0 Å². The Kier molecular flexibility index (Phi) is 4.76. The third kappa shape index (κ3) is 2.50. The Bertz CT molecular complexity index is 448. The van der Waals surface area contributed by atoms with Crippen molar-refractivity contribution in [2.75, 3.05) is 20.2 Å². The molecule has 1 rings (SSSR count). The molecule has 0 bridgehead atoms. The van der Waals surface area contributed by atoms with Crippen molar-refractivity contribution in [2.24, 2.45) is 0 Å². The van der Waals surface area contributed by atoms with E-state index in [2.05, 4.69) is 0 Å². The van der Waals surface area contributed by atoms with E-state index in [9.17, 15) is 4.79 Å². The van der Waals surface area contributed by atoms with Gasteiger partial charge in [0.25, 0.3) is 5.91 Å². The predicted molar refractivity (Wildman–Crippen MR) is 74.5 cm³/mol. The fourth-order valence-electron chi connectivity index (χ4n) is 2.28. The molecule has 1 aromatic rings. The fraction of sp³-hybridized carbons (Fsp3) is 0.533. The van der Waals surface area contributed by atoms with Gasteiger partial charge in [-0.15, -0.1) is 0 Å². The maximum Gasteiger partial charge on any atom is 0.254 e. The zero-order valence-electron chi connectivity index (χ0n) is 12.3. The van der Waals surface area contributed by atoms with Crippen LogP contribution in [0.25, 0.3) is 0 Å². The fourth-order valence-corrected chi connectivity index (χ4v) is 2.28. The van der Waals surface area contributed by atoms with E-state index >= 15 is 0 Å². The summed E-state index contributed by atoms with van der Waals surface area (Å²) in [6.45, 7) is 11.4. The Labute approximate surface area is 110 Å². The number of benzene rings is 1. The minimum Gasteiger partial charge on any atom is -0.496 e. The molecule has 0 unspecified atom stereocenters. The van der Waals surface area contributed by atoms with E-state index in [0.717, 1.165) is 41.1 Å². The van der Waals surface area contributed by atoms with E-state index in [1.54, 1.807) is 7.11 Å². The molecule has 1 aromatic carbocycles. The van der Waals surface area contributed by atoms with Crippen molar-refractivity contribution in [2.45, 2.75) is 34.6 Å². The molecule has 0 N–H and O–H groups in total. The lowest BCUT2D eigenvalue weighted by Crippen LogP contribution is -2.31. The first-order valence-corrected chi connectivity index (χ1v) is 6.41. The number of rotatable bonds is 4. The van der Waals surface area contributed by atoms with Crippen LogP contribution in [0.4, 0.5) is 0 Å². The molecular weight excluding hydrogens is 226 g/mol. The molecule has 100 valence electrons. The lowest BCUT2D eigenvalue weighted by atomic mass is 9.97. The van der Waals surface area contributed by atoms with Crippen molar-refractivity contribution in [1.82, 2.24) is 4.90 Å².